The van der Waals surface area contributed by atoms with Crippen LogP contribution in [-0.4, -0.2) is 32.3 Å². The molecule has 2 rings (SSSR count). The van der Waals surface area contributed by atoms with Gasteiger partial charge in [-0.25, -0.2) is 13.1 Å². The zero-order valence-electron chi connectivity index (χ0n) is 14.6. The number of carbonyl (C=O) groups excluding carboxylic acids is 1. The van der Waals surface area contributed by atoms with E-state index >= 15 is 0 Å². The van der Waals surface area contributed by atoms with Crippen molar-refractivity contribution in [2.75, 3.05) is 12.0 Å². The molecule has 1 N–H and O–H groups in total. The first-order chi connectivity index (χ1) is 11.8. The zero-order valence-corrected chi connectivity index (χ0v) is 16.2. The van der Waals surface area contributed by atoms with E-state index in [1.165, 1.54) is 11.8 Å². The molecule has 1 unspecified atom stereocenters. The molecule has 2 aromatic carbocycles. The van der Waals surface area contributed by atoms with Gasteiger partial charge < -0.3 is 0 Å². The second-order valence-corrected chi connectivity index (χ2v) is 8.71. The first kappa shape index (κ1) is 19.7. The first-order valence-corrected chi connectivity index (χ1v) is 10.9. The van der Waals surface area contributed by atoms with Gasteiger partial charge in [-0.05, 0) is 35.4 Å². The molecule has 6 heteroatoms. The Bertz CT molecular complexity index is 800. The molecule has 4 nitrogen and oxygen atoms in total. The maximum absolute atomic E-state index is 12.6. The van der Waals surface area contributed by atoms with Crippen LogP contribution in [-0.2, 0) is 14.8 Å². The Morgan fingerprint density at radius 2 is 1.56 bits per heavy atom. The standard InChI is InChI=1S/C19H23NO3S2/c1-14(2)19(18(21)13-24-3)20-25(22,23)17-11-9-16(10-12-17)15-7-5-4-6-8-15/h4-12,14,19-20H,13H2,1-3H3. The van der Waals surface area contributed by atoms with Gasteiger partial charge in [0, 0.05) is 0 Å². The number of rotatable bonds is 8. The van der Waals surface area contributed by atoms with Gasteiger partial charge in [-0.3, -0.25) is 4.79 Å². The van der Waals surface area contributed by atoms with Crippen LogP contribution in [0.2, 0.25) is 0 Å². The van der Waals surface area contributed by atoms with Gasteiger partial charge in [0.2, 0.25) is 10.0 Å². The van der Waals surface area contributed by atoms with Crippen molar-refractivity contribution in [2.45, 2.75) is 24.8 Å². The number of Topliss-reactive ketones (excluding diaryl/α,β-unsaturated/α-hetero) is 1. The van der Waals surface area contributed by atoms with E-state index in [0.717, 1.165) is 11.1 Å². The molecule has 0 aliphatic rings. The van der Waals surface area contributed by atoms with Gasteiger partial charge in [-0.15, -0.1) is 0 Å². The van der Waals surface area contributed by atoms with Crippen LogP contribution in [0.5, 0.6) is 0 Å². The lowest BCUT2D eigenvalue weighted by atomic mass is 10.0. The van der Waals surface area contributed by atoms with Crippen LogP contribution in [0.1, 0.15) is 13.8 Å². The number of thioether (sulfide) groups is 1. The summed E-state index contributed by atoms with van der Waals surface area (Å²) in [7, 11) is -3.75. The van der Waals surface area contributed by atoms with Gasteiger partial charge in [-0.2, -0.15) is 11.8 Å². The molecule has 134 valence electrons. The summed E-state index contributed by atoms with van der Waals surface area (Å²) in [5, 5.41) is 0. The Morgan fingerprint density at radius 3 is 2.08 bits per heavy atom. The van der Waals surface area contributed by atoms with Gasteiger partial charge in [-0.1, -0.05) is 56.3 Å². The topological polar surface area (TPSA) is 63.2 Å². The van der Waals surface area contributed by atoms with Gasteiger partial charge in [0.1, 0.15) is 0 Å². The fourth-order valence-electron chi connectivity index (χ4n) is 2.50. The van der Waals surface area contributed by atoms with Gasteiger partial charge in [0.15, 0.2) is 5.78 Å². The van der Waals surface area contributed by atoms with Crippen LogP contribution in [0.15, 0.2) is 59.5 Å². The molecule has 0 bridgehead atoms. The third-order valence-electron chi connectivity index (χ3n) is 3.85. The van der Waals surface area contributed by atoms with E-state index in [9.17, 15) is 13.2 Å². The highest BCUT2D eigenvalue weighted by atomic mass is 32.2. The van der Waals surface area contributed by atoms with Gasteiger partial charge >= 0.3 is 0 Å². The number of hydrogen-bond acceptors (Lipinski definition) is 4. The minimum Gasteiger partial charge on any atom is -0.297 e. The number of ketones is 1. The number of benzene rings is 2. The van der Waals surface area contributed by atoms with E-state index in [1.54, 1.807) is 24.3 Å². The Labute approximate surface area is 154 Å². The average Bonchev–Trinajstić information content (AvgIpc) is 2.60. The third kappa shape index (κ3) is 5.17. The van der Waals surface area contributed by atoms with Gasteiger partial charge in [0.05, 0.1) is 16.7 Å². The quantitative estimate of drug-likeness (QED) is 0.764. The van der Waals surface area contributed by atoms with Crippen LogP contribution in [0.4, 0.5) is 0 Å². The highest BCUT2D eigenvalue weighted by Gasteiger charge is 2.27. The Hall–Kier alpha value is -1.63. The van der Waals surface area contributed by atoms with Crippen LogP contribution >= 0.6 is 11.8 Å². The fraction of sp³-hybridized carbons (Fsp3) is 0.316. The number of nitrogens with one attached hydrogen (secondary N) is 1. The summed E-state index contributed by atoms with van der Waals surface area (Å²) in [4.78, 5) is 12.3. The summed E-state index contributed by atoms with van der Waals surface area (Å²) in [5.74, 6) is 0.0724. The molecule has 0 aromatic heterocycles. The van der Waals surface area contributed by atoms with Crippen molar-refractivity contribution >= 4 is 27.6 Å². The highest BCUT2D eigenvalue weighted by Crippen LogP contribution is 2.21. The van der Waals surface area contributed by atoms with E-state index in [4.69, 9.17) is 0 Å². The Balaban J connectivity index is 2.22. The molecule has 0 saturated carbocycles. The summed E-state index contributed by atoms with van der Waals surface area (Å²) in [6.45, 7) is 3.67. The van der Waals surface area contributed by atoms with E-state index in [1.807, 2.05) is 50.4 Å². The summed E-state index contributed by atoms with van der Waals surface area (Å²) in [6.07, 6.45) is 1.83. The molecule has 0 fully saturated rings. The van der Waals surface area contributed by atoms with E-state index in [-0.39, 0.29) is 22.3 Å². The lowest BCUT2D eigenvalue weighted by Gasteiger charge is -2.21. The largest absolute Gasteiger partial charge is 0.297 e. The molecular weight excluding hydrogens is 354 g/mol. The molecule has 1 atom stereocenters. The third-order valence-corrected chi connectivity index (χ3v) is 5.88. The van der Waals surface area contributed by atoms with Crippen molar-refractivity contribution in [1.82, 2.24) is 4.72 Å². The van der Waals surface area contributed by atoms with Crippen molar-refractivity contribution in [2.24, 2.45) is 5.92 Å². The Kier molecular flexibility index (Phi) is 6.81. The smallest absolute Gasteiger partial charge is 0.241 e. The summed E-state index contributed by atoms with van der Waals surface area (Å²) < 4.78 is 27.8. The molecule has 0 radical (unpaired) electrons. The molecular formula is C19H23NO3S2. The van der Waals surface area contributed by atoms with Crippen LogP contribution in [0.3, 0.4) is 0 Å². The molecule has 0 saturated heterocycles. The number of hydrogen-bond donors (Lipinski definition) is 1. The molecule has 2 aromatic rings. The average molecular weight is 378 g/mol. The van der Waals surface area contributed by atoms with Crippen LogP contribution in [0.25, 0.3) is 11.1 Å². The van der Waals surface area contributed by atoms with Crippen molar-refractivity contribution in [3.8, 4) is 11.1 Å². The maximum Gasteiger partial charge on any atom is 0.241 e. The lowest BCUT2D eigenvalue weighted by molar-refractivity contribution is -0.119. The van der Waals surface area contributed by atoms with Gasteiger partial charge in [0.25, 0.3) is 0 Å². The molecule has 0 heterocycles. The van der Waals surface area contributed by atoms with Crippen LogP contribution in [0, 0.1) is 5.92 Å². The molecule has 0 aliphatic heterocycles. The molecule has 0 amide bonds. The predicted octanol–water partition coefficient (Wildman–Crippen LogP) is 3.59. The minimum absolute atomic E-state index is 0.105. The second kappa shape index (κ2) is 8.65. The minimum atomic E-state index is -3.75. The summed E-state index contributed by atoms with van der Waals surface area (Å²) in [5.41, 5.74) is 1.97. The van der Waals surface area contributed by atoms with Crippen molar-refractivity contribution < 1.29 is 13.2 Å². The van der Waals surface area contributed by atoms with E-state index in [0.29, 0.717) is 0 Å². The van der Waals surface area contributed by atoms with Crippen molar-refractivity contribution in [1.29, 1.82) is 0 Å². The molecule has 0 aliphatic carbocycles. The number of sulfonamides is 1. The fourth-order valence-corrected chi connectivity index (χ4v) is 4.33. The second-order valence-electron chi connectivity index (χ2n) is 6.13. The molecule has 25 heavy (non-hydrogen) atoms. The zero-order chi connectivity index (χ0) is 18.4. The highest BCUT2D eigenvalue weighted by molar-refractivity contribution is 7.99. The monoisotopic (exact) mass is 377 g/mol. The SMILES string of the molecule is CSCC(=O)C(NS(=O)(=O)c1ccc(-c2ccccc2)cc1)C(C)C. The summed E-state index contributed by atoms with van der Waals surface area (Å²) >= 11 is 1.39. The molecule has 0 spiro atoms. The number of carbonyl (C=O) groups is 1. The maximum atomic E-state index is 12.6. The van der Waals surface area contributed by atoms with E-state index in [2.05, 4.69) is 4.72 Å². The first-order valence-electron chi connectivity index (χ1n) is 8.04. The van der Waals surface area contributed by atoms with Crippen LogP contribution < -0.4 is 4.72 Å². The normalized spacial score (nSPS) is 13.0. The summed E-state index contributed by atoms with van der Waals surface area (Å²) in [6, 6.07) is 15.7. The lowest BCUT2D eigenvalue weighted by Crippen LogP contribution is -2.45. The predicted molar refractivity (Wildman–Crippen MR) is 104 cm³/mol. The Morgan fingerprint density at radius 1 is 1.00 bits per heavy atom. The van der Waals surface area contributed by atoms with E-state index < -0.39 is 16.1 Å². The van der Waals surface area contributed by atoms with Crippen molar-refractivity contribution in [3.05, 3.63) is 54.6 Å². The van der Waals surface area contributed by atoms with Crippen molar-refractivity contribution in [3.63, 3.8) is 0 Å².